The quantitative estimate of drug-likeness (QED) is 0.212. The molecule has 0 aliphatic carbocycles. The first-order chi connectivity index (χ1) is 12.6. The summed E-state index contributed by atoms with van der Waals surface area (Å²) in [5.41, 5.74) is 1.62. The third-order valence-electron chi connectivity index (χ3n) is 5.15. The maximum atomic E-state index is 13.1. The van der Waals surface area contributed by atoms with E-state index >= 15 is 0 Å². The molecule has 0 saturated heterocycles. The van der Waals surface area contributed by atoms with E-state index in [1.54, 1.807) is 16.3 Å². The number of benzene rings is 2. The number of halogens is 1. The van der Waals surface area contributed by atoms with Crippen LogP contribution in [0.15, 0.2) is 64.5 Å². The van der Waals surface area contributed by atoms with Crippen LogP contribution in [0.1, 0.15) is 13.8 Å². The van der Waals surface area contributed by atoms with Crippen LogP contribution in [-0.4, -0.2) is 46.5 Å². The van der Waals surface area contributed by atoms with Gasteiger partial charge in [0.1, 0.15) is 0 Å². The molecule has 144 valence electrons. The fourth-order valence-corrected chi connectivity index (χ4v) is 4.11. The Morgan fingerprint density at radius 3 is 2.30 bits per heavy atom. The smallest absolute Gasteiger partial charge is 0.266 e. The van der Waals surface area contributed by atoms with Crippen LogP contribution in [0.4, 0.5) is 0 Å². The van der Waals surface area contributed by atoms with Crippen LogP contribution in [0.3, 0.4) is 0 Å². The van der Waals surface area contributed by atoms with Crippen molar-refractivity contribution in [2.45, 2.75) is 19.0 Å². The van der Waals surface area contributed by atoms with E-state index in [0.717, 1.165) is 46.2 Å². The van der Waals surface area contributed by atoms with Crippen LogP contribution in [0.5, 0.6) is 0 Å². The lowest BCUT2D eigenvalue weighted by molar-refractivity contribution is -0.903. The molecule has 2 aromatic carbocycles. The highest BCUT2D eigenvalue weighted by Crippen LogP contribution is 2.22. The number of aromatic nitrogens is 2. The lowest BCUT2D eigenvalue weighted by Crippen LogP contribution is -3.00. The molecule has 1 aromatic heterocycles. The minimum Gasteiger partial charge on any atom is -1.00 e. The second kappa shape index (κ2) is 9.71. The third-order valence-corrected chi connectivity index (χ3v) is 6.07. The number of hydrogen-bond acceptors (Lipinski definition) is 3. The molecule has 0 aliphatic heterocycles. The van der Waals surface area contributed by atoms with Crippen LogP contribution in [0.2, 0.25) is 0 Å². The highest BCUT2D eigenvalue weighted by atomic mass is 127. The van der Waals surface area contributed by atoms with Crippen molar-refractivity contribution in [2.75, 3.05) is 32.4 Å². The zero-order chi connectivity index (χ0) is 18.6. The van der Waals surface area contributed by atoms with Crippen molar-refractivity contribution in [3.63, 3.8) is 0 Å². The SMILES string of the molecule is CC[N+](C)(CC)CCSc1nc2ccccc2c(=O)n1-c1ccccc1.[I-]. The van der Waals surface area contributed by atoms with Crippen LogP contribution < -0.4 is 29.5 Å². The van der Waals surface area contributed by atoms with Gasteiger partial charge in [-0.1, -0.05) is 42.1 Å². The summed E-state index contributed by atoms with van der Waals surface area (Å²) in [4.78, 5) is 17.9. The Morgan fingerprint density at radius 1 is 1.00 bits per heavy atom. The van der Waals surface area contributed by atoms with Crippen molar-refractivity contribution in [3.8, 4) is 5.69 Å². The van der Waals surface area contributed by atoms with Crippen molar-refractivity contribution in [1.29, 1.82) is 0 Å². The van der Waals surface area contributed by atoms with Crippen LogP contribution in [-0.2, 0) is 0 Å². The summed E-state index contributed by atoms with van der Waals surface area (Å²) in [6.45, 7) is 7.71. The van der Waals surface area contributed by atoms with E-state index in [0.29, 0.717) is 5.39 Å². The number of quaternary nitrogens is 1. The molecule has 0 aliphatic rings. The molecule has 0 amide bonds. The van der Waals surface area contributed by atoms with Gasteiger partial charge in [-0.3, -0.25) is 9.36 Å². The third kappa shape index (κ3) is 4.92. The highest BCUT2D eigenvalue weighted by Gasteiger charge is 2.18. The van der Waals surface area contributed by atoms with Gasteiger partial charge in [0.05, 0.1) is 49.0 Å². The molecule has 0 fully saturated rings. The molecular weight excluding hydrogens is 469 g/mol. The Kier molecular flexibility index (Phi) is 7.88. The molecule has 0 saturated carbocycles. The van der Waals surface area contributed by atoms with Gasteiger partial charge in [-0.25, -0.2) is 4.98 Å². The fraction of sp³-hybridized carbons (Fsp3) is 0.333. The standard InChI is InChI=1S/C21H26N3OS.HI/c1-4-24(3,5-2)15-16-26-21-22-19-14-10-9-13-18(19)20(25)23(21)17-11-7-6-8-12-17;/h6-14H,4-5,15-16H2,1-3H3;1H/q+1;/p-1. The zero-order valence-electron chi connectivity index (χ0n) is 16.1. The average molecular weight is 495 g/mol. The van der Waals surface area contributed by atoms with E-state index in [1.165, 1.54) is 0 Å². The number of para-hydroxylation sites is 2. The Labute approximate surface area is 182 Å². The van der Waals surface area contributed by atoms with E-state index in [-0.39, 0.29) is 29.5 Å². The van der Waals surface area contributed by atoms with Crippen LogP contribution in [0.25, 0.3) is 16.6 Å². The Bertz CT molecular complexity index is 939. The topological polar surface area (TPSA) is 34.9 Å². The summed E-state index contributed by atoms with van der Waals surface area (Å²) < 4.78 is 2.77. The molecule has 3 rings (SSSR count). The van der Waals surface area contributed by atoms with E-state index < -0.39 is 0 Å². The first kappa shape index (κ1) is 21.9. The normalized spacial score (nSPS) is 11.4. The predicted molar refractivity (Wildman–Crippen MR) is 110 cm³/mol. The van der Waals surface area contributed by atoms with Gasteiger partial charge in [0.15, 0.2) is 5.16 Å². The lowest BCUT2D eigenvalue weighted by Gasteiger charge is -2.31. The molecule has 1 heterocycles. The summed E-state index contributed by atoms with van der Waals surface area (Å²) in [5.74, 6) is 0.926. The minimum absolute atomic E-state index is 0. The molecule has 0 spiro atoms. The maximum absolute atomic E-state index is 13.1. The van der Waals surface area contributed by atoms with Gasteiger partial charge in [-0.15, -0.1) is 0 Å². The van der Waals surface area contributed by atoms with Crippen LogP contribution >= 0.6 is 11.8 Å². The first-order valence-electron chi connectivity index (χ1n) is 9.11. The number of rotatable bonds is 7. The van der Waals surface area contributed by atoms with Crippen molar-refractivity contribution in [3.05, 3.63) is 65.0 Å². The molecule has 6 heteroatoms. The lowest BCUT2D eigenvalue weighted by atomic mass is 10.2. The number of fused-ring (bicyclic) bond motifs is 1. The zero-order valence-corrected chi connectivity index (χ0v) is 19.0. The van der Waals surface area contributed by atoms with Gasteiger partial charge in [0, 0.05) is 0 Å². The molecular formula is C21H26IN3OS. The van der Waals surface area contributed by atoms with Crippen molar-refractivity contribution >= 4 is 22.7 Å². The Balaban J connectivity index is 0.00000261. The van der Waals surface area contributed by atoms with Gasteiger partial charge in [-0.2, -0.15) is 0 Å². The summed E-state index contributed by atoms with van der Waals surface area (Å²) in [6, 6.07) is 17.4. The Morgan fingerprint density at radius 2 is 1.63 bits per heavy atom. The molecule has 4 nitrogen and oxygen atoms in total. The van der Waals surface area contributed by atoms with Gasteiger partial charge in [0.2, 0.25) is 0 Å². The van der Waals surface area contributed by atoms with Gasteiger partial charge < -0.3 is 28.5 Å². The summed E-state index contributed by atoms with van der Waals surface area (Å²) >= 11 is 1.66. The van der Waals surface area contributed by atoms with Gasteiger partial charge >= 0.3 is 0 Å². The molecule has 0 atom stereocenters. The van der Waals surface area contributed by atoms with Gasteiger partial charge in [-0.05, 0) is 38.1 Å². The number of thioether (sulfide) groups is 1. The summed E-state index contributed by atoms with van der Waals surface area (Å²) in [7, 11) is 2.28. The first-order valence-corrected chi connectivity index (χ1v) is 10.1. The molecule has 0 radical (unpaired) electrons. The van der Waals surface area contributed by atoms with E-state index in [2.05, 4.69) is 20.9 Å². The van der Waals surface area contributed by atoms with E-state index in [4.69, 9.17) is 4.98 Å². The van der Waals surface area contributed by atoms with Crippen molar-refractivity contribution in [1.82, 2.24) is 9.55 Å². The van der Waals surface area contributed by atoms with E-state index in [1.807, 2.05) is 54.6 Å². The van der Waals surface area contributed by atoms with Crippen molar-refractivity contribution < 1.29 is 28.5 Å². The second-order valence-electron chi connectivity index (χ2n) is 6.71. The molecule has 27 heavy (non-hydrogen) atoms. The second-order valence-corrected chi connectivity index (χ2v) is 7.77. The molecule has 3 aromatic rings. The van der Waals surface area contributed by atoms with Gasteiger partial charge in [0.25, 0.3) is 5.56 Å². The summed E-state index contributed by atoms with van der Waals surface area (Å²) in [5, 5.41) is 1.42. The number of hydrogen-bond donors (Lipinski definition) is 0. The van der Waals surface area contributed by atoms with Crippen molar-refractivity contribution in [2.24, 2.45) is 0 Å². The van der Waals surface area contributed by atoms with Crippen LogP contribution in [0, 0.1) is 0 Å². The summed E-state index contributed by atoms with van der Waals surface area (Å²) in [6.07, 6.45) is 0. The molecule has 0 N–H and O–H groups in total. The monoisotopic (exact) mass is 495 g/mol. The maximum Gasteiger partial charge on any atom is 0.266 e. The minimum atomic E-state index is -0.00691. The Hall–Kier alpha value is -1.38. The predicted octanol–water partition coefficient (Wildman–Crippen LogP) is 0.968. The average Bonchev–Trinajstić information content (AvgIpc) is 2.69. The molecule has 0 unspecified atom stereocenters. The fourth-order valence-electron chi connectivity index (χ4n) is 2.91. The number of nitrogens with zero attached hydrogens (tertiary/aromatic N) is 3. The highest BCUT2D eigenvalue weighted by molar-refractivity contribution is 7.99. The van der Waals surface area contributed by atoms with E-state index in [9.17, 15) is 4.79 Å². The molecule has 0 bridgehead atoms. The largest absolute Gasteiger partial charge is 1.00 e.